The summed E-state index contributed by atoms with van der Waals surface area (Å²) < 4.78 is 5.06. The number of nitrogens with zero attached hydrogens (tertiary/aromatic N) is 1. The van der Waals surface area contributed by atoms with Crippen molar-refractivity contribution in [2.75, 3.05) is 20.3 Å². The van der Waals surface area contributed by atoms with Crippen molar-refractivity contribution in [2.45, 2.75) is 19.4 Å². The van der Waals surface area contributed by atoms with Crippen molar-refractivity contribution in [1.82, 2.24) is 4.90 Å². The number of hydrogen-bond acceptors (Lipinski definition) is 5. The quantitative estimate of drug-likeness (QED) is 0.347. The Kier molecular flexibility index (Phi) is 5.80. The summed E-state index contributed by atoms with van der Waals surface area (Å²) in [7, 11) is 1.57. The number of aliphatic hydroxyl groups excluding tert-OH is 1. The molecular weight excluding hydrogens is 358 g/mol. The van der Waals surface area contributed by atoms with Gasteiger partial charge in [-0.15, -0.1) is 0 Å². The second-order valence-electron chi connectivity index (χ2n) is 6.80. The molecule has 0 spiro atoms. The fourth-order valence-corrected chi connectivity index (χ4v) is 3.36. The van der Waals surface area contributed by atoms with Crippen LogP contribution in [0.1, 0.15) is 29.2 Å². The number of amides is 1. The van der Waals surface area contributed by atoms with Crippen LogP contribution in [0.15, 0.2) is 54.1 Å². The van der Waals surface area contributed by atoms with Crippen LogP contribution in [0.2, 0.25) is 0 Å². The Morgan fingerprint density at radius 3 is 2.32 bits per heavy atom. The SMILES string of the molecule is COCCCN1C(=O)C(=O)/C(=C(/O)c2ccc(C)cc2)[C@H]1c1ccc(O)cc1. The van der Waals surface area contributed by atoms with E-state index in [1.807, 2.05) is 19.1 Å². The number of aryl methyl sites for hydroxylation is 1. The Balaban J connectivity index is 2.10. The molecule has 0 bridgehead atoms. The maximum Gasteiger partial charge on any atom is 0.295 e. The average molecular weight is 381 g/mol. The number of ether oxygens (including phenoxy) is 1. The minimum absolute atomic E-state index is 0.0527. The number of carbonyl (C=O) groups excluding carboxylic acids is 2. The summed E-state index contributed by atoms with van der Waals surface area (Å²) in [6.45, 7) is 2.69. The molecule has 3 rings (SSSR count). The number of benzene rings is 2. The zero-order valence-electron chi connectivity index (χ0n) is 15.9. The number of rotatable bonds is 6. The fourth-order valence-electron chi connectivity index (χ4n) is 3.36. The third-order valence-corrected chi connectivity index (χ3v) is 4.82. The Hall–Kier alpha value is -3.12. The average Bonchev–Trinajstić information content (AvgIpc) is 2.94. The summed E-state index contributed by atoms with van der Waals surface area (Å²) in [6.07, 6.45) is 0.558. The highest BCUT2D eigenvalue weighted by Gasteiger charge is 2.45. The summed E-state index contributed by atoms with van der Waals surface area (Å²) in [5.74, 6) is -1.49. The minimum atomic E-state index is -0.723. The van der Waals surface area contributed by atoms with Gasteiger partial charge in [-0.05, 0) is 31.0 Å². The van der Waals surface area contributed by atoms with E-state index in [1.54, 1.807) is 31.4 Å². The van der Waals surface area contributed by atoms with Crippen molar-refractivity contribution in [2.24, 2.45) is 0 Å². The predicted molar refractivity (Wildman–Crippen MR) is 105 cm³/mol. The molecule has 1 fully saturated rings. The first kappa shape index (κ1) is 19.6. The number of hydrogen-bond donors (Lipinski definition) is 2. The van der Waals surface area contributed by atoms with Crippen LogP contribution >= 0.6 is 0 Å². The van der Waals surface area contributed by atoms with Crippen molar-refractivity contribution >= 4 is 17.4 Å². The van der Waals surface area contributed by atoms with Gasteiger partial charge in [0.15, 0.2) is 0 Å². The van der Waals surface area contributed by atoms with Gasteiger partial charge in [-0.25, -0.2) is 0 Å². The van der Waals surface area contributed by atoms with Gasteiger partial charge in [0, 0.05) is 25.8 Å². The van der Waals surface area contributed by atoms with Gasteiger partial charge in [0.2, 0.25) is 0 Å². The van der Waals surface area contributed by atoms with E-state index < -0.39 is 17.7 Å². The molecule has 0 radical (unpaired) electrons. The first-order valence-electron chi connectivity index (χ1n) is 9.07. The first-order valence-corrected chi connectivity index (χ1v) is 9.07. The highest BCUT2D eigenvalue weighted by molar-refractivity contribution is 6.46. The standard InChI is InChI=1S/C22H23NO5/c1-14-4-6-16(7-5-14)20(25)18-19(15-8-10-17(24)11-9-15)23(12-3-13-28-2)22(27)21(18)26/h4-11,19,24-25H,3,12-13H2,1-2H3/b20-18+/t19-/m1/s1. The van der Waals surface area contributed by atoms with Crippen LogP contribution in [-0.4, -0.2) is 47.1 Å². The number of aromatic hydroxyl groups is 1. The molecule has 0 saturated carbocycles. The topological polar surface area (TPSA) is 87.1 Å². The summed E-state index contributed by atoms with van der Waals surface area (Å²) in [6, 6.07) is 12.7. The molecule has 2 aromatic rings. The maximum atomic E-state index is 12.8. The van der Waals surface area contributed by atoms with Crippen LogP contribution in [0.4, 0.5) is 0 Å². The predicted octanol–water partition coefficient (Wildman–Crippen LogP) is 3.16. The number of ketones is 1. The van der Waals surface area contributed by atoms with Crippen LogP contribution in [0.25, 0.3) is 5.76 Å². The Labute approximate surface area is 163 Å². The summed E-state index contributed by atoms with van der Waals surface area (Å²) >= 11 is 0. The molecule has 1 aliphatic heterocycles. The molecule has 1 atom stereocenters. The van der Waals surface area contributed by atoms with Gasteiger partial charge >= 0.3 is 0 Å². The first-order chi connectivity index (χ1) is 13.4. The summed E-state index contributed by atoms with van der Waals surface area (Å²) in [5.41, 5.74) is 2.19. The molecule has 6 nitrogen and oxygen atoms in total. The van der Waals surface area contributed by atoms with E-state index in [0.717, 1.165) is 5.56 Å². The van der Waals surface area contributed by atoms with E-state index in [-0.39, 0.29) is 17.1 Å². The molecule has 1 heterocycles. The molecule has 0 aliphatic carbocycles. The van der Waals surface area contributed by atoms with E-state index in [0.29, 0.717) is 30.7 Å². The number of Topliss-reactive ketones (excluding diaryl/α,β-unsaturated/α-hetero) is 1. The highest BCUT2D eigenvalue weighted by Crippen LogP contribution is 2.39. The highest BCUT2D eigenvalue weighted by atomic mass is 16.5. The van der Waals surface area contributed by atoms with E-state index in [2.05, 4.69) is 0 Å². The van der Waals surface area contributed by atoms with Crippen molar-refractivity contribution < 1.29 is 24.5 Å². The number of methoxy groups -OCH3 is 1. The van der Waals surface area contributed by atoms with Gasteiger partial charge in [-0.3, -0.25) is 9.59 Å². The molecule has 1 aliphatic rings. The second-order valence-corrected chi connectivity index (χ2v) is 6.80. The Bertz CT molecular complexity index is 900. The molecule has 146 valence electrons. The lowest BCUT2D eigenvalue weighted by Crippen LogP contribution is -2.31. The Morgan fingerprint density at radius 2 is 1.71 bits per heavy atom. The lowest BCUT2D eigenvalue weighted by Gasteiger charge is -2.25. The van der Waals surface area contributed by atoms with Crippen LogP contribution in [0.3, 0.4) is 0 Å². The molecule has 6 heteroatoms. The van der Waals surface area contributed by atoms with Gasteiger partial charge in [0.05, 0.1) is 11.6 Å². The minimum Gasteiger partial charge on any atom is -0.508 e. The van der Waals surface area contributed by atoms with Crippen molar-refractivity contribution in [1.29, 1.82) is 0 Å². The van der Waals surface area contributed by atoms with E-state index >= 15 is 0 Å². The maximum absolute atomic E-state index is 12.8. The van der Waals surface area contributed by atoms with Crippen LogP contribution in [0.5, 0.6) is 5.75 Å². The third-order valence-electron chi connectivity index (χ3n) is 4.82. The molecule has 0 aromatic heterocycles. The number of phenolic OH excluding ortho intramolecular Hbond substituents is 1. The molecule has 1 amide bonds. The normalized spacial score (nSPS) is 18.6. The van der Waals surface area contributed by atoms with Crippen molar-refractivity contribution in [3.63, 3.8) is 0 Å². The number of aliphatic hydroxyl groups is 1. The van der Waals surface area contributed by atoms with Gasteiger partial charge in [-0.1, -0.05) is 42.0 Å². The fraction of sp³-hybridized carbons (Fsp3) is 0.273. The molecule has 28 heavy (non-hydrogen) atoms. The van der Waals surface area contributed by atoms with Gasteiger partial charge in [-0.2, -0.15) is 0 Å². The van der Waals surface area contributed by atoms with Gasteiger partial charge < -0.3 is 19.8 Å². The molecular formula is C22H23NO5. The number of likely N-dealkylation sites (tertiary alicyclic amines) is 1. The Morgan fingerprint density at radius 1 is 1.07 bits per heavy atom. The van der Waals surface area contributed by atoms with E-state index in [1.165, 1.54) is 17.0 Å². The zero-order chi connectivity index (χ0) is 20.3. The monoisotopic (exact) mass is 381 g/mol. The molecule has 1 saturated heterocycles. The molecule has 2 N–H and O–H groups in total. The van der Waals surface area contributed by atoms with Crippen LogP contribution in [0, 0.1) is 6.92 Å². The third kappa shape index (κ3) is 3.77. The van der Waals surface area contributed by atoms with Crippen LogP contribution in [-0.2, 0) is 14.3 Å². The molecule has 2 aromatic carbocycles. The lowest BCUT2D eigenvalue weighted by molar-refractivity contribution is -0.140. The number of carbonyl (C=O) groups is 2. The lowest BCUT2D eigenvalue weighted by atomic mass is 9.95. The summed E-state index contributed by atoms with van der Waals surface area (Å²) in [4.78, 5) is 26.9. The van der Waals surface area contributed by atoms with E-state index in [9.17, 15) is 19.8 Å². The van der Waals surface area contributed by atoms with E-state index in [4.69, 9.17) is 4.74 Å². The number of phenols is 1. The second kappa shape index (κ2) is 8.27. The van der Waals surface area contributed by atoms with Crippen molar-refractivity contribution in [3.05, 3.63) is 70.8 Å². The zero-order valence-corrected chi connectivity index (χ0v) is 15.9. The largest absolute Gasteiger partial charge is 0.508 e. The summed E-state index contributed by atoms with van der Waals surface area (Å²) in [5, 5.41) is 20.5. The smallest absolute Gasteiger partial charge is 0.295 e. The van der Waals surface area contributed by atoms with Gasteiger partial charge in [0.25, 0.3) is 11.7 Å². The molecule has 0 unspecified atom stereocenters. The van der Waals surface area contributed by atoms with Crippen molar-refractivity contribution in [3.8, 4) is 5.75 Å². The van der Waals surface area contributed by atoms with Crippen LogP contribution < -0.4 is 0 Å². The van der Waals surface area contributed by atoms with Gasteiger partial charge in [0.1, 0.15) is 11.5 Å².